The number of carbonyl (C=O) groups excluding carboxylic acids is 1. The summed E-state index contributed by atoms with van der Waals surface area (Å²) in [5, 5.41) is 4.13. The molecule has 0 radical (unpaired) electrons. The third kappa shape index (κ3) is 5.60. The molecule has 9 heteroatoms. The lowest BCUT2D eigenvalue weighted by Crippen LogP contribution is -2.50. The van der Waals surface area contributed by atoms with Crippen LogP contribution in [0.15, 0.2) is 24.8 Å². The number of piperidine rings is 1. The Balaban J connectivity index is 1.09. The zero-order valence-electron chi connectivity index (χ0n) is 21.2. The first kappa shape index (κ1) is 24.0. The number of carbonyl (C=O) groups is 1. The van der Waals surface area contributed by atoms with E-state index >= 15 is 0 Å². The van der Waals surface area contributed by atoms with Crippen LogP contribution in [0.5, 0.6) is 5.75 Å². The Bertz CT molecular complexity index is 999. The van der Waals surface area contributed by atoms with Crippen LogP contribution in [0.2, 0.25) is 0 Å². The average molecular weight is 484 g/mol. The summed E-state index contributed by atoms with van der Waals surface area (Å²) in [6.07, 6.45) is 11.5. The zero-order chi connectivity index (χ0) is 24.6. The van der Waals surface area contributed by atoms with Gasteiger partial charge in [0.05, 0.1) is 24.0 Å². The topological polar surface area (TPSA) is 91.6 Å². The van der Waals surface area contributed by atoms with Gasteiger partial charge in [-0.25, -0.2) is 19.4 Å². The maximum absolute atomic E-state index is 12.7. The third-order valence-corrected chi connectivity index (χ3v) is 7.27. The molecule has 2 saturated heterocycles. The lowest BCUT2D eigenvalue weighted by molar-refractivity contribution is -0.0813. The Morgan fingerprint density at radius 1 is 0.971 bits per heavy atom. The van der Waals surface area contributed by atoms with Gasteiger partial charge in [0.25, 0.3) is 0 Å². The van der Waals surface area contributed by atoms with Crippen molar-refractivity contribution in [1.82, 2.24) is 24.6 Å². The van der Waals surface area contributed by atoms with Crippen molar-refractivity contribution < 1.29 is 19.0 Å². The number of hydrogen-bond donors (Lipinski definition) is 0. The van der Waals surface area contributed by atoms with Crippen molar-refractivity contribution in [3.05, 3.63) is 30.5 Å². The molecule has 2 aromatic rings. The molecule has 2 unspecified atom stereocenters. The van der Waals surface area contributed by atoms with E-state index in [1.54, 1.807) is 11.0 Å². The maximum atomic E-state index is 12.7. The fourth-order valence-electron chi connectivity index (χ4n) is 5.70. The number of nitrogens with zero attached hydrogens (tertiary/aromatic N) is 5. The molecule has 2 atom stereocenters. The Hall–Kier alpha value is -2.68. The van der Waals surface area contributed by atoms with E-state index in [0.29, 0.717) is 0 Å². The van der Waals surface area contributed by atoms with Crippen molar-refractivity contribution in [2.45, 2.75) is 115 Å². The van der Waals surface area contributed by atoms with Crippen molar-refractivity contribution >= 4 is 6.09 Å². The molecule has 190 valence electrons. The first-order chi connectivity index (χ1) is 16.7. The van der Waals surface area contributed by atoms with Gasteiger partial charge in [-0.3, -0.25) is 0 Å². The molecule has 9 nitrogen and oxygen atoms in total. The van der Waals surface area contributed by atoms with Crippen LogP contribution in [-0.2, 0) is 9.47 Å². The minimum Gasteiger partial charge on any atom is -0.489 e. The second-order valence-electron chi connectivity index (χ2n) is 11.1. The third-order valence-electron chi connectivity index (χ3n) is 7.27. The van der Waals surface area contributed by atoms with Gasteiger partial charge in [-0.05, 0) is 91.2 Å². The average Bonchev–Trinajstić information content (AvgIpc) is 3.42. The van der Waals surface area contributed by atoms with Gasteiger partial charge in [-0.1, -0.05) is 0 Å². The summed E-state index contributed by atoms with van der Waals surface area (Å²) in [7, 11) is 0. The molecular formula is C26H37N5O4. The summed E-state index contributed by atoms with van der Waals surface area (Å²) in [4.78, 5) is 23.3. The number of amides is 1. The first-order valence-electron chi connectivity index (χ1n) is 12.9. The second-order valence-corrected chi connectivity index (χ2v) is 11.1. The van der Waals surface area contributed by atoms with Gasteiger partial charge in [-0.2, -0.15) is 5.10 Å². The lowest BCUT2D eigenvalue weighted by atomic mass is 9.93. The number of hydrogen-bond acceptors (Lipinski definition) is 7. The van der Waals surface area contributed by atoms with Gasteiger partial charge in [0.2, 0.25) is 0 Å². The van der Waals surface area contributed by atoms with Gasteiger partial charge >= 0.3 is 6.09 Å². The minimum absolute atomic E-state index is 0.166. The summed E-state index contributed by atoms with van der Waals surface area (Å²) in [6.45, 7) is 7.74. The predicted molar refractivity (Wildman–Crippen MR) is 130 cm³/mol. The summed E-state index contributed by atoms with van der Waals surface area (Å²) in [6, 6.07) is 4.35. The fraction of sp³-hybridized carbons (Fsp3) is 0.692. The van der Waals surface area contributed by atoms with Crippen molar-refractivity contribution in [3.63, 3.8) is 0 Å². The van der Waals surface area contributed by atoms with Crippen LogP contribution in [0.3, 0.4) is 0 Å². The normalized spacial score (nSPS) is 28.7. The standard InChI is InChI=1S/C26H37N5O4/c1-17-23(11-12-24(29-17)30-16-27-15-28-30)34-21-9-7-20(8-10-21)33-22-13-18-5-6-19(14-22)31(18)25(32)35-26(2,3)4/h11-12,15-16,18-22H,5-10,13-14H2,1-4H3. The molecule has 1 amide bonds. The summed E-state index contributed by atoms with van der Waals surface area (Å²) >= 11 is 0. The Morgan fingerprint density at radius 2 is 1.66 bits per heavy atom. The van der Waals surface area contributed by atoms with Crippen LogP contribution < -0.4 is 4.74 Å². The highest BCUT2D eigenvalue weighted by atomic mass is 16.6. The summed E-state index contributed by atoms with van der Waals surface area (Å²) < 4.78 is 20.2. The van der Waals surface area contributed by atoms with E-state index in [9.17, 15) is 4.79 Å². The number of rotatable bonds is 5. The molecule has 35 heavy (non-hydrogen) atoms. The molecule has 0 aromatic carbocycles. The van der Waals surface area contributed by atoms with E-state index in [1.807, 2.05) is 44.7 Å². The smallest absolute Gasteiger partial charge is 0.410 e. The van der Waals surface area contributed by atoms with Crippen molar-refractivity contribution in [2.24, 2.45) is 0 Å². The highest BCUT2D eigenvalue weighted by Gasteiger charge is 2.45. The number of fused-ring (bicyclic) bond motifs is 2. The number of ether oxygens (including phenoxy) is 3. The van der Waals surface area contributed by atoms with Crippen LogP contribution in [0.4, 0.5) is 4.79 Å². The molecule has 5 rings (SSSR count). The number of pyridine rings is 1. The monoisotopic (exact) mass is 483 g/mol. The molecule has 2 aliphatic heterocycles. The molecule has 1 aliphatic carbocycles. The zero-order valence-corrected chi connectivity index (χ0v) is 21.2. The van der Waals surface area contributed by atoms with Gasteiger partial charge in [-0.15, -0.1) is 0 Å². The Kier molecular flexibility index (Phi) is 6.70. The van der Waals surface area contributed by atoms with E-state index in [2.05, 4.69) is 15.1 Å². The molecule has 1 saturated carbocycles. The van der Waals surface area contributed by atoms with E-state index in [1.165, 1.54) is 6.33 Å². The molecule has 2 bridgehead atoms. The SMILES string of the molecule is Cc1nc(-n2cncn2)ccc1OC1CCC(OC2CC3CCC(C2)N3C(=O)OC(C)(C)C)CC1. The maximum Gasteiger partial charge on any atom is 0.410 e. The van der Waals surface area contributed by atoms with E-state index < -0.39 is 5.60 Å². The Morgan fingerprint density at radius 3 is 2.26 bits per heavy atom. The van der Waals surface area contributed by atoms with Crippen LogP contribution in [0.1, 0.15) is 77.8 Å². The van der Waals surface area contributed by atoms with Gasteiger partial charge in [0.1, 0.15) is 24.0 Å². The first-order valence-corrected chi connectivity index (χ1v) is 12.9. The molecule has 4 heterocycles. The van der Waals surface area contributed by atoms with Gasteiger partial charge < -0.3 is 19.1 Å². The molecule has 3 fully saturated rings. The quantitative estimate of drug-likeness (QED) is 0.613. The molecular weight excluding hydrogens is 446 g/mol. The van der Waals surface area contributed by atoms with Gasteiger partial charge in [0, 0.05) is 12.1 Å². The van der Waals surface area contributed by atoms with E-state index in [4.69, 9.17) is 14.2 Å². The Labute approximate surface area is 207 Å². The van der Waals surface area contributed by atoms with Gasteiger partial charge in [0.15, 0.2) is 5.82 Å². The number of aryl methyl sites for hydroxylation is 1. The highest BCUT2D eigenvalue weighted by Crippen LogP contribution is 2.39. The van der Waals surface area contributed by atoms with E-state index in [0.717, 1.165) is 68.6 Å². The highest BCUT2D eigenvalue weighted by molar-refractivity contribution is 5.69. The molecule has 2 aromatic heterocycles. The fourth-order valence-corrected chi connectivity index (χ4v) is 5.70. The predicted octanol–water partition coefficient (Wildman–Crippen LogP) is 4.61. The lowest BCUT2D eigenvalue weighted by Gasteiger charge is -2.41. The van der Waals surface area contributed by atoms with E-state index in [-0.39, 0.29) is 36.5 Å². The van der Waals surface area contributed by atoms with Crippen LogP contribution in [-0.4, -0.2) is 66.7 Å². The van der Waals surface area contributed by atoms with Crippen LogP contribution in [0, 0.1) is 6.92 Å². The molecule has 3 aliphatic rings. The van der Waals surface area contributed by atoms with Crippen molar-refractivity contribution in [1.29, 1.82) is 0 Å². The van der Waals surface area contributed by atoms with Crippen molar-refractivity contribution in [3.8, 4) is 11.6 Å². The number of aromatic nitrogens is 4. The summed E-state index contributed by atoms with van der Waals surface area (Å²) in [5.74, 6) is 1.56. The van der Waals surface area contributed by atoms with Crippen LogP contribution >= 0.6 is 0 Å². The molecule has 0 spiro atoms. The second kappa shape index (κ2) is 9.76. The molecule has 0 N–H and O–H groups in total. The van der Waals surface area contributed by atoms with Crippen molar-refractivity contribution in [2.75, 3.05) is 0 Å². The van der Waals surface area contributed by atoms with Crippen LogP contribution in [0.25, 0.3) is 5.82 Å². The summed E-state index contributed by atoms with van der Waals surface area (Å²) in [5.41, 5.74) is 0.391. The largest absolute Gasteiger partial charge is 0.489 e. The minimum atomic E-state index is -0.460.